The van der Waals surface area contributed by atoms with Crippen molar-refractivity contribution < 1.29 is 20.4 Å². The summed E-state index contributed by atoms with van der Waals surface area (Å²) in [6.07, 6.45) is -0.998. The van der Waals surface area contributed by atoms with E-state index in [-0.39, 0.29) is 19.8 Å². The molecule has 0 heterocycles. The van der Waals surface area contributed by atoms with Crippen molar-refractivity contribution in [1.82, 2.24) is 0 Å². The molecule has 6 heteroatoms. The average Bonchev–Trinajstić information content (AvgIpc) is 2.41. The van der Waals surface area contributed by atoms with Crippen molar-refractivity contribution in [3.8, 4) is 0 Å². The maximum atomic E-state index is 10.1. The van der Waals surface area contributed by atoms with E-state index in [2.05, 4.69) is 0 Å². The Bertz CT molecular complexity index is 265. The standard InChI is InChI=1S/C13H30N2O4/c1-8(5-16)12(14,9(2)6-17)13(15,11(4)19)10(3)7-18/h8-11,16-19H,5-7,14-15H2,1-4H3. The van der Waals surface area contributed by atoms with Gasteiger partial charge in [0.1, 0.15) is 0 Å². The fourth-order valence-corrected chi connectivity index (χ4v) is 2.99. The van der Waals surface area contributed by atoms with Crippen molar-refractivity contribution in [2.75, 3.05) is 19.8 Å². The van der Waals surface area contributed by atoms with E-state index in [0.29, 0.717) is 0 Å². The van der Waals surface area contributed by atoms with E-state index in [9.17, 15) is 20.4 Å². The maximum Gasteiger partial charge on any atom is 0.0713 e. The number of aliphatic hydroxyl groups is 4. The summed E-state index contributed by atoms with van der Waals surface area (Å²) in [5, 5.41) is 38.4. The fraction of sp³-hybridized carbons (Fsp3) is 1.00. The van der Waals surface area contributed by atoms with Gasteiger partial charge in [-0.1, -0.05) is 20.8 Å². The summed E-state index contributed by atoms with van der Waals surface area (Å²) < 4.78 is 0. The quantitative estimate of drug-likeness (QED) is 0.325. The molecule has 0 aliphatic heterocycles. The van der Waals surface area contributed by atoms with Gasteiger partial charge in [-0.3, -0.25) is 0 Å². The van der Waals surface area contributed by atoms with Gasteiger partial charge in [0.05, 0.1) is 11.6 Å². The molecule has 0 bridgehead atoms. The monoisotopic (exact) mass is 278 g/mol. The number of hydrogen-bond donors (Lipinski definition) is 6. The number of aliphatic hydroxyl groups excluding tert-OH is 4. The first-order valence-electron chi connectivity index (χ1n) is 6.72. The van der Waals surface area contributed by atoms with E-state index >= 15 is 0 Å². The Kier molecular flexibility index (Phi) is 6.88. The third-order valence-corrected chi connectivity index (χ3v) is 4.71. The van der Waals surface area contributed by atoms with Gasteiger partial charge in [-0.25, -0.2) is 0 Å². The maximum absolute atomic E-state index is 10.1. The predicted octanol–water partition coefficient (Wildman–Crippen LogP) is -1.35. The lowest BCUT2D eigenvalue weighted by atomic mass is 9.57. The van der Waals surface area contributed by atoms with Crippen molar-refractivity contribution in [2.45, 2.75) is 44.9 Å². The fourth-order valence-electron chi connectivity index (χ4n) is 2.99. The van der Waals surface area contributed by atoms with Gasteiger partial charge in [-0.2, -0.15) is 0 Å². The second-order valence-electron chi connectivity index (χ2n) is 5.79. The van der Waals surface area contributed by atoms with Gasteiger partial charge in [0.15, 0.2) is 0 Å². The van der Waals surface area contributed by atoms with Gasteiger partial charge in [-0.05, 0) is 18.8 Å². The SMILES string of the molecule is CC(O)C(N)(C(C)CO)C(N)(C(C)CO)C(C)CO. The summed E-state index contributed by atoms with van der Waals surface area (Å²) in [7, 11) is 0. The van der Waals surface area contributed by atoms with Crippen LogP contribution in [-0.2, 0) is 0 Å². The minimum absolute atomic E-state index is 0.218. The van der Waals surface area contributed by atoms with E-state index in [1.807, 2.05) is 0 Å². The van der Waals surface area contributed by atoms with Gasteiger partial charge in [0, 0.05) is 31.3 Å². The average molecular weight is 278 g/mol. The van der Waals surface area contributed by atoms with E-state index < -0.39 is 34.9 Å². The van der Waals surface area contributed by atoms with Crippen LogP contribution in [0, 0.1) is 17.8 Å². The molecule has 116 valence electrons. The molecule has 0 aliphatic carbocycles. The molecular formula is C13H30N2O4. The molecule has 0 amide bonds. The Balaban J connectivity index is 5.91. The molecule has 5 atom stereocenters. The number of rotatable bonds is 8. The number of hydrogen-bond acceptors (Lipinski definition) is 6. The van der Waals surface area contributed by atoms with Gasteiger partial charge >= 0.3 is 0 Å². The highest BCUT2D eigenvalue weighted by molar-refractivity contribution is 5.16. The third-order valence-electron chi connectivity index (χ3n) is 4.71. The normalized spacial score (nSPS) is 24.9. The zero-order chi connectivity index (χ0) is 15.4. The molecule has 19 heavy (non-hydrogen) atoms. The minimum Gasteiger partial charge on any atom is -0.396 e. The molecule has 0 aromatic rings. The van der Waals surface area contributed by atoms with Crippen LogP contribution in [0.4, 0.5) is 0 Å². The third kappa shape index (κ3) is 2.94. The molecular weight excluding hydrogens is 248 g/mol. The summed E-state index contributed by atoms with van der Waals surface area (Å²) in [6, 6.07) is 0. The molecule has 0 radical (unpaired) electrons. The van der Waals surface area contributed by atoms with Crippen LogP contribution in [0.15, 0.2) is 0 Å². The van der Waals surface area contributed by atoms with E-state index in [0.717, 1.165) is 0 Å². The lowest BCUT2D eigenvalue weighted by molar-refractivity contribution is -0.0680. The molecule has 8 N–H and O–H groups in total. The Hall–Kier alpha value is -0.240. The first-order valence-corrected chi connectivity index (χ1v) is 6.72. The topological polar surface area (TPSA) is 133 Å². The van der Waals surface area contributed by atoms with Crippen LogP contribution in [0.2, 0.25) is 0 Å². The molecule has 0 spiro atoms. The summed E-state index contributed by atoms with van der Waals surface area (Å²) in [6.45, 7) is 5.98. The Labute approximate surface area is 115 Å². The zero-order valence-electron chi connectivity index (χ0n) is 12.4. The van der Waals surface area contributed by atoms with Crippen molar-refractivity contribution >= 4 is 0 Å². The Morgan fingerprint density at radius 3 is 1.21 bits per heavy atom. The van der Waals surface area contributed by atoms with Gasteiger partial charge in [0.2, 0.25) is 0 Å². The molecule has 0 aliphatic rings. The first-order chi connectivity index (χ1) is 8.64. The molecule has 0 rings (SSSR count). The number of nitrogens with two attached hydrogens (primary N) is 2. The highest BCUT2D eigenvalue weighted by Crippen LogP contribution is 2.39. The van der Waals surface area contributed by atoms with Crippen molar-refractivity contribution in [2.24, 2.45) is 29.2 Å². The van der Waals surface area contributed by atoms with Gasteiger partial charge < -0.3 is 31.9 Å². The molecule has 0 aromatic heterocycles. The first kappa shape index (κ1) is 18.8. The lowest BCUT2D eigenvalue weighted by Crippen LogP contribution is -2.79. The van der Waals surface area contributed by atoms with Crippen LogP contribution in [0.5, 0.6) is 0 Å². The Morgan fingerprint density at radius 1 is 0.737 bits per heavy atom. The molecule has 0 aromatic carbocycles. The lowest BCUT2D eigenvalue weighted by Gasteiger charge is -2.56. The largest absolute Gasteiger partial charge is 0.396 e. The zero-order valence-corrected chi connectivity index (χ0v) is 12.4. The molecule has 0 saturated heterocycles. The van der Waals surface area contributed by atoms with Crippen LogP contribution >= 0.6 is 0 Å². The van der Waals surface area contributed by atoms with E-state index in [1.165, 1.54) is 6.92 Å². The minimum atomic E-state index is -1.33. The van der Waals surface area contributed by atoms with Crippen LogP contribution in [0.1, 0.15) is 27.7 Å². The Morgan fingerprint density at radius 2 is 1.00 bits per heavy atom. The summed E-state index contributed by atoms with van der Waals surface area (Å²) >= 11 is 0. The van der Waals surface area contributed by atoms with E-state index in [4.69, 9.17) is 11.5 Å². The van der Waals surface area contributed by atoms with Crippen molar-refractivity contribution in [3.05, 3.63) is 0 Å². The highest BCUT2D eigenvalue weighted by atomic mass is 16.3. The predicted molar refractivity (Wildman–Crippen MR) is 74.3 cm³/mol. The summed E-state index contributed by atoms with van der Waals surface area (Å²) in [5.74, 6) is -1.37. The molecule has 5 unspecified atom stereocenters. The second-order valence-corrected chi connectivity index (χ2v) is 5.79. The molecule has 0 saturated carbocycles. The van der Waals surface area contributed by atoms with Crippen LogP contribution < -0.4 is 11.5 Å². The van der Waals surface area contributed by atoms with Crippen LogP contribution in [0.3, 0.4) is 0 Å². The van der Waals surface area contributed by atoms with Crippen LogP contribution in [0.25, 0.3) is 0 Å². The smallest absolute Gasteiger partial charge is 0.0713 e. The van der Waals surface area contributed by atoms with Crippen molar-refractivity contribution in [1.29, 1.82) is 0 Å². The summed E-state index contributed by atoms with van der Waals surface area (Å²) in [4.78, 5) is 0. The second kappa shape index (κ2) is 6.97. The van der Waals surface area contributed by atoms with Gasteiger partial charge in [0.25, 0.3) is 0 Å². The molecule has 6 nitrogen and oxygen atoms in total. The van der Waals surface area contributed by atoms with E-state index in [1.54, 1.807) is 20.8 Å². The van der Waals surface area contributed by atoms with Crippen LogP contribution in [-0.4, -0.2) is 57.4 Å². The molecule has 0 fully saturated rings. The summed E-state index contributed by atoms with van der Waals surface area (Å²) in [5.41, 5.74) is 10.3. The highest BCUT2D eigenvalue weighted by Gasteiger charge is 2.57. The van der Waals surface area contributed by atoms with Crippen molar-refractivity contribution in [3.63, 3.8) is 0 Å². The van der Waals surface area contributed by atoms with Gasteiger partial charge in [-0.15, -0.1) is 0 Å².